The normalized spacial score (nSPS) is 17.8. The molecule has 1 atom stereocenters. The Morgan fingerprint density at radius 3 is 2.63 bits per heavy atom. The number of hydrogen-bond donors (Lipinski definition) is 0. The largest absolute Gasteiger partial charge is 0.490 e. The van der Waals surface area contributed by atoms with Gasteiger partial charge in [0.1, 0.15) is 17.1 Å². The molecule has 3 heterocycles. The first kappa shape index (κ1) is 19.9. The van der Waals surface area contributed by atoms with E-state index in [1.54, 1.807) is 14.0 Å². The number of imide groups is 1. The molecule has 0 bridgehead atoms. The number of para-hydroxylation sites is 2. The summed E-state index contributed by atoms with van der Waals surface area (Å²) in [5.74, 6) is 1.48. The van der Waals surface area contributed by atoms with Crippen molar-refractivity contribution in [2.75, 3.05) is 20.2 Å². The summed E-state index contributed by atoms with van der Waals surface area (Å²) < 4.78 is 9.72. The van der Waals surface area contributed by atoms with E-state index < -0.39 is 6.04 Å². The first-order valence-corrected chi connectivity index (χ1v) is 9.95. The van der Waals surface area contributed by atoms with E-state index in [0.717, 1.165) is 28.4 Å². The number of rotatable bonds is 5. The SMILES string of the molecule is C=C(C)CN1C(=O)C2C(=Nc3n(-c4ccccc4OCC)c(C)c(C)[n+]32)N(C)C1=O. The predicted molar refractivity (Wildman–Crippen MR) is 112 cm³/mol. The third kappa shape index (κ3) is 2.74. The lowest BCUT2D eigenvalue weighted by molar-refractivity contribution is -0.682. The molecule has 1 unspecified atom stereocenters. The standard InChI is InChI=1S/C22H26N5O3/c1-7-30-17-11-9-8-10-16(17)26-14(4)15(5)27-18-19(23-21(26)27)24(6)22(29)25(20(18)28)12-13(2)3/h8-11,18H,2,7,12H2,1,3-6H3/q+1. The second kappa shape index (κ2) is 7.12. The second-order valence-electron chi connectivity index (χ2n) is 7.67. The molecule has 30 heavy (non-hydrogen) atoms. The molecule has 2 aliphatic heterocycles. The Morgan fingerprint density at radius 1 is 1.27 bits per heavy atom. The highest BCUT2D eigenvalue weighted by atomic mass is 16.5. The number of carbonyl (C=O) groups is 2. The van der Waals surface area contributed by atoms with Gasteiger partial charge in [-0.2, -0.15) is 4.57 Å². The van der Waals surface area contributed by atoms with Crippen LogP contribution in [-0.4, -0.2) is 52.3 Å². The van der Waals surface area contributed by atoms with Crippen LogP contribution < -0.4 is 9.30 Å². The molecule has 1 aromatic heterocycles. The average molecular weight is 408 g/mol. The molecule has 4 rings (SSSR count). The number of carbonyl (C=O) groups excluding carboxylic acids is 2. The number of fused-ring (bicyclic) bond motifs is 3. The highest BCUT2D eigenvalue weighted by Crippen LogP contribution is 2.35. The van der Waals surface area contributed by atoms with Gasteiger partial charge >= 0.3 is 12.0 Å². The van der Waals surface area contributed by atoms with Crippen LogP contribution >= 0.6 is 0 Å². The molecule has 8 heteroatoms. The predicted octanol–water partition coefficient (Wildman–Crippen LogP) is 2.84. The molecule has 1 aromatic carbocycles. The van der Waals surface area contributed by atoms with Gasteiger partial charge in [0, 0.05) is 7.05 Å². The summed E-state index contributed by atoms with van der Waals surface area (Å²) in [5.41, 5.74) is 3.45. The van der Waals surface area contributed by atoms with Gasteiger partial charge in [-0.25, -0.2) is 9.36 Å². The molecule has 1 fully saturated rings. The van der Waals surface area contributed by atoms with Gasteiger partial charge in [0.25, 0.3) is 5.91 Å². The summed E-state index contributed by atoms with van der Waals surface area (Å²) >= 11 is 0. The van der Waals surface area contributed by atoms with Crippen LogP contribution in [0.5, 0.6) is 5.75 Å². The average Bonchev–Trinajstić information content (AvgIpc) is 3.20. The highest BCUT2D eigenvalue weighted by molar-refractivity contribution is 6.19. The van der Waals surface area contributed by atoms with Crippen molar-refractivity contribution in [2.45, 2.75) is 33.7 Å². The van der Waals surface area contributed by atoms with Gasteiger partial charge in [-0.3, -0.25) is 14.6 Å². The Balaban J connectivity index is 1.91. The topological polar surface area (TPSA) is 71.0 Å². The van der Waals surface area contributed by atoms with Crippen molar-refractivity contribution in [2.24, 2.45) is 4.99 Å². The van der Waals surface area contributed by atoms with Crippen LogP contribution in [0.2, 0.25) is 0 Å². The van der Waals surface area contributed by atoms with Gasteiger partial charge in [0.2, 0.25) is 11.9 Å². The molecule has 0 saturated carbocycles. The van der Waals surface area contributed by atoms with Crippen molar-refractivity contribution in [1.82, 2.24) is 14.4 Å². The lowest BCUT2D eigenvalue weighted by Crippen LogP contribution is -2.63. The summed E-state index contributed by atoms with van der Waals surface area (Å²) in [6, 6.07) is 6.67. The molecular weight excluding hydrogens is 382 g/mol. The third-order valence-electron chi connectivity index (χ3n) is 5.55. The monoisotopic (exact) mass is 408 g/mol. The summed E-state index contributed by atoms with van der Waals surface area (Å²) in [6.45, 7) is 12.3. The molecule has 3 amide bonds. The minimum Gasteiger partial charge on any atom is -0.490 e. The van der Waals surface area contributed by atoms with Crippen LogP contribution in [0, 0.1) is 13.8 Å². The first-order chi connectivity index (χ1) is 14.3. The zero-order chi connectivity index (χ0) is 21.7. The Bertz CT molecular complexity index is 1110. The van der Waals surface area contributed by atoms with E-state index >= 15 is 0 Å². The fraction of sp³-hybridized carbons (Fsp3) is 0.364. The molecular formula is C22H26N5O3+. The first-order valence-electron chi connectivity index (χ1n) is 9.95. The van der Waals surface area contributed by atoms with Gasteiger partial charge in [0.05, 0.1) is 13.2 Å². The van der Waals surface area contributed by atoms with Crippen LogP contribution in [0.4, 0.5) is 10.7 Å². The smallest absolute Gasteiger partial charge is 0.407 e. The van der Waals surface area contributed by atoms with Crippen molar-refractivity contribution in [1.29, 1.82) is 0 Å². The number of amidine groups is 1. The number of urea groups is 1. The van der Waals surface area contributed by atoms with Crippen molar-refractivity contribution in [3.63, 3.8) is 0 Å². The van der Waals surface area contributed by atoms with Gasteiger partial charge < -0.3 is 4.74 Å². The second-order valence-corrected chi connectivity index (χ2v) is 7.67. The molecule has 2 aromatic rings. The quantitative estimate of drug-likeness (QED) is 0.564. The number of nitrogens with zero attached hydrogens (tertiary/aromatic N) is 5. The molecule has 0 aliphatic carbocycles. The van der Waals surface area contributed by atoms with Crippen molar-refractivity contribution >= 4 is 23.7 Å². The summed E-state index contributed by atoms with van der Waals surface area (Å²) in [5, 5.41) is 0. The number of amides is 3. The zero-order valence-electron chi connectivity index (χ0n) is 18.0. The van der Waals surface area contributed by atoms with Crippen molar-refractivity contribution < 1.29 is 18.9 Å². The highest BCUT2D eigenvalue weighted by Gasteiger charge is 2.54. The molecule has 8 nitrogen and oxygen atoms in total. The number of likely N-dealkylation sites (N-methyl/N-ethyl adjacent to an activating group) is 1. The number of ether oxygens (including phenoxy) is 1. The number of aromatic nitrogens is 2. The van der Waals surface area contributed by atoms with E-state index in [1.165, 1.54) is 9.80 Å². The number of aliphatic imine (C=N–C) groups is 1. The maximum Gasteiger partial charge on any atom is 0.407 e. The summed E-state index contributed by atoms with van der Waals surface area (Å²) in [4.78, 5) is 33.6. The van der Waals surface area contributed by atoms with Crippen molar-refractivity contribution in [3.8, 4) is 11.4 Å². The molecule has 0 spiro atoms. The Hall–Kier alpha value is -3.42. The van der Waals surface area contributed by atoms with E-state index in [0.29, 0.717) is 18.4 Å². The summed E-state index contributed by atoms with van der Waals surface area (Å²) in [7, 11) is 1.65. The van der Waals surface area contributed by atoms with E-state index in [4.69, 9.17) is 9.73 Å². The number of benzene rings is 1. The van der Waals surface area contributed by atoms with Crippen LogP contribution in [0.1, 0.15) is 31.3 Å². The molecule has 2 aliphatic rings. The lowest BCUT2D eigenvalue weighted by atomic mass is 10.1. The van der Waals surface area contributed by atoms with E-state index in [1.807, 2.05) is 54.2 Å². The van der Waals surface area contributed by atoms with Gasteiger partial charge in [-0.05, 0) is 39.8 Å². The Kier molecular flexibility index (Phi) is 4.72. The van der Waals surface area contributed by atoms with Crippen molar-refractivity contribution in [3.05, 3.63) is 47.8 Å². The zero-order valence-corrected chi connectivity index (χ0v) is 18.0. The minimum atomic E-state index is -0.679. The van der Waals surface area contributed by atoms with E-state index in [-0.39, 0.29) is 18.5 Å². The maximum atomic E-state index is 13.3. The molecule has 0 radical (unpaired) electrons. The number of imidazole rings is 1. The van der Waals surface area contributed by atoms with Gasteiger partial charge in [-0.15, -0.1) is 0 Å². The van der Waals surface area contributed by atoms with Crippen LogP contribution in [-0.2, 0) is 4.79 Å². The Labute approximate surface area is 175 Å². The van der Waals surface area contributed by atoms with E-state index in [9.17, 15) is 9.59 Å². The fourth-order valence-corrected chi connectivity index (χ4v) is 4.06. The maximum absolute atomic E-state index is 13.3. The van der Waals surface area contributed by atoms with Crippen LogP contribution in [0.25, 0.3) is 5.69 Å². The van der Waals surface area contributed by atoms with Crippen LogP contribution in [0.3, 0.4) is 0 Å². The Morgan fingerprint density at radius 2 is 1.97 bits per heavy atom. The third-order valence-corrected chi connectivity index (χ3v) is 5.55. The lowest BCUT2D eigenvalue weighted by Gasteiger charge is -2.33. The molecule has 0 N–H and O–H groups in total. The number of hydrogen-bond acceptors (Lipinski definition) is 4. The molecule has 156 valence electrons. The molecule has 1 saturated heterocycles. The van der Waals surface area contributed by atoms with Gasteiger partial charge in [-0.1, -0.05) is 29.3 Å². The van der Waals surface area contributed by atoms with Gasteiger partial charge in [0.15, 0.2) is 5.75 Å². The summed E-state index contributed by atoms with van der Waals surface area (Å²) in [6.07, 6.45) is 0. The van der Waals surface area contributed by atoms with Crippen LogP contribution in [0.15, 0.2) is 41.4 Å². The van der Waals surface area contributed by atoms with E-state index in [2.05, 4.69) is 6.58 Å². The fourth-order valence-electron chi connectivity index (χ4n) is 4.06. The minimum absolute atomic E-state index is 0.188.